The summed E-state index contributed by atoms with van der Waals surface area (Å²) >= 11 is 0. The number of anilines is 1. The normalized spacial score (nSPS) is 9.41. The fourth-order valence-corrected chi connectivity index (χ4v) is 1.08. The number of nitrogens with zero attached hydrogens (tertiary/aromatic N) is 1. The molecule has 0 saturated heterocycles. The van der Waals surface area contributed by atoms with Crippen molar-refractivity contribution in [3.63, 3.8) is 0 Å². The Morgan fingerprint density at radius 1 is 1.53 bits per heavy atom. The maximum absolute atomic E-state index is 11.2. The van der Waals surface area contributed by atoms with E-state index in [9.17, 15) is 9.59 Å². The molecule has 17 heavy (non-hydrogen) atoms. The first-order valence-corrected chi connectivity index (χ1v) is 4.84. The molecule has 0 aromatic carbocycles. The van der Waals surface area contributed by atoms with Crippen molar-refractivity contribution in [3.8, 4) is 0 Å². The molecule has 6 heteroatoms. The highest BCUT2D eigenvalue weighted by molar-refractivity contribution is 5.83. The number of hydrogen-bond acceptors (Lipinski definition) is 4. The van der Waals surface area contributed by atoms with Gasteiger partial charge >= 0.3 is 12.1 Å². The molecule has 0 fully saturated rings. The zero-order chi connectivity index (χ0) is 12.7. The molecule has 1 heterocycles. The summed E-state index contributed by atoms with van der Waals surface area (Å²) in [4.78, 5) is 25.6. The SMILES string of the molecule is C=CCOC(=O)Nc1cccc(CC(=O)O)n1. The van der Waals surface area contributed by atoms with E-state index in [4.69, 9.17) is 9.84 Å². The standard InChI is InChI=1S/C11H12N2O4/c1-2-6-17-11(16)13-9-5-3-4-8(12-9)7-10(14)15/h2-5H,1,6-7H2,(H,14,15)(H,12,13,16). The molecule has 1 aromatic heterocycles. The summed E-state index contributed by atoms with van der Waals surface area (Å²) in [6, 6.07) is 4.71. The molecule has 0 unspecified atom stereocenters. The third-order valence-corrected chi connectivity index (χ3v) is 1.70. The van der Waals surface area contributed by atoms with Crippen LogP contribution in [0.3, 0.4) is 0 Å². The van der Waals surface area contributed by atoms with Crippen molar-refractivity contribution < 1.29 is 19.4 Å². The molecule has 0 aliphatic heterocycles. The molecule has 0 aliphatic rings. The summed E-state index contributed by atoms with van der Waals surface area (Å²) < 4.78 is 4.69. The minimum atomic E-state index is -0.983. The lowest BCUT2D eigenvalue weighted by Crippen LogP contribution is -2.15. The quantitative estimate of drug-likeness (QED) is 0.755. The second-order valence-corrected chi connectivity index (χ2v) is 3.10. The van der Waals surface area contributed by atoms with Crippen LogP contribution in [0.15, 0.2) is 30.9 Å². The first-order chi connectivity index (χ1) is 8.11. The van der Waals surface area contributed by atoms with Crippen LogP contribution in [0.4, 0.5) is 10.6 Å². The molecule has 0 saturated carbocycles. The predicted octanol–water partition coefficient (Wildman–Crippen LogP) is 1.44. The van der Waals surface area contributed by atoms with Gasteiger partial charge in [-0.2, -0.15) is 0 Å². The number of carbonyl (C=O) groups is 2. The van der Waals surface area contributed by atoms with Gasteiger partial charge in [0, 0.05) is 0 Å². The van der Waals surface area contributed by atoms with Crippen LogP contribution in [0.5, 0.6) is 0 Å². The van der Waals surface area contributed by atoms with Gasteiger partial charge in [0.05, 0.1) is 12.1 Å². The number of aromatic nitrogens is 1. The second kappa shape index (κ2) is 6.26. The zero-order valence-electron chi connectivity index (χ0n) is 9.05. The van der Waals surface area contributed by atoms with E-state index in [0.717, 1.165) is 0 Å². The van der Waals surface area contributed by atoms with Gasteiger partial charge in [0.1, 0.15) is 12.4 Å². The molecule has 0 radical (unpaired) electrons. The van der Waals surface area contributed by atoms with Crippen molar-refractivity contribution in [3.05, 3.63) is 36.5 Å². The predicted molar refractivity (Wildman–Crippen MR) is 60.7 cm³/mol. The minimum Gasteiger partial charge on any atom is -0.481 e. The summed E-state index contributed by atoms with van der Waals surface area (Å²) in [6.45, 7) is 3.50. The van der Waals surface area contributed by atoms with E-state index in [0.29, 0.717) is 5.69 Å². The Bertz CT molecular complexity index is 431. The van der Waals surface area contributed by atoms with Crippen molar-refractivity contribution in [2.24, 2.45) is 0 Å². The molecule has 2 N–H and O–H groups in total. The average Bonchev–Trinajstić information content (AvgIpc) is 2.26. The fourth-order valence-electron chi connectivity index (χ4n) is 1.08. The third kappa shape index (κ3) is 4.78. The number of hydrogen-bond donors (Lipinski definition) is 2. The summed E-state index contributed by atoms with van der Waals surface area (Å²) in [5, 5.41) is 11.0. The van der Waals surface area contributed by atoms with Gasteiger partial charge < -0.3 is 9.84 Å². The first-order valence-electron chi connectivity index (χ1n) is 4.84. The van der Waals surface area contributed by atoms with E-state index in [2.05, 4.69) is 16.9 Å². The van der Waals surface area contributed by atoms with Gasteiger partial charge in [0.15, 0.2) is 0 Å². The van der Waals surface area contributed by atoms with Crippen molar-refractivity contribution >= 4 is 17.9 Å². The van der Waals surface area contributed by atoms with Gasteiger partial charge in [-0.1, -0.05) is 18.7 Å². The van der Waals surface area contributed by atoms with Gasteiger partial charge in [-0.3, -0.25) is 10.1 Å². The average molecular weight is 236 g/mol. The molecule has 1 aromatic rings. The maximum atomic E-state index is 11.2. The molecular weight excluding hydrogens is 224 g/mol. The lowest BCUT2D eigenvalue weighted by Gasteiger charge is -2.05. The van der Waals surface area contributed by atoms with Crippen LogP contribution in [0.25, 0.3) is 0 Å². The number of pyridine rings is 1. The fraction of sp³-hybridized carbons (Fsp3) is 0.182. The molecule has 1 rings (SSSR count). The number of aliphatic carboxylic acids is 1. The van der Waals surface area contributed by atoms with E-state index < -0.39 is 12.1 Å². The number of rotatable bonds is 5. The summed E-state index contributed by atoms with van der Waals surface area (Å²) in [5.74, 6) is -0.735. The largest absolute Gasteiger partial charge is 0.481 e. The minimum absolute atomic E-state index is 0.0979. The smallest absolute Gasteiger partial charge is 0.413 e. The first kappa shape index (κ1) is 12.7. The van der Waals surface area contributed by atoms with Gasteiger partial charge in [-0.05, 0) is 12.1 Å². The molecule has 6 nitrogen and oxygen atoms in total. The van der Waals surface area contributed by atoms with Crippen LogP contribution in [0.1, 0.15) is 5.69 Å². The Morgan fingerprint density at radius 3 is 2.94 bits per heavy atom. The van der Waals surface area contributed by atoms with E-state index in [1.807, 2.05) is 0 Å². The van der Waals surface area contributed by atoms with Crippen molar-refractivity contribution in [1.29, 1.82) is 0 Å². The van der Waals surface area contributed by atoms with Crippen LogP contribution in [0.2, 0.25) is 0 Å². The van der Waals surface area contributed by atoms with Gasteiger partial charge in [0.25, 0.3) is 0 Å². The molecule has 0 bridgehead atoms. The molecule has 0 spiro atoms. The van der Waals surface area contributed by atoms with Crippen LogP contribution in [0, 0.1) is 0 Å². The maximum Gasteiger partial charge on any atom is 0.413 e. The van der Waals surface area contributed by atoms with Crippen molar-refractivity contribution in [2.75, 3.05) is 11.9 Å². The van der Waals surface area contributed by atoms with Gasteiger partial charge in [-0.15, -0.1) is 0 Å². The molecule has 1 amide bonds. The highest BCUT2D eigenvalue weighted by Crippen LogP contribution is 2.06. The van der Waals surface area contributed by atoms with E-state index >= 15 is 0 Å². The van der Waals surface area contributed by atoms with E-state index in [1.165, 1.54) is 6.08 Å². The number of nitrogens with one attached hydrogen (secondary N) is 1. The summed E-state index contributed by atoms with van der Waals surface area (Å²) in [5.41, 5.74) is 0.360. The van der Waals surface area contributed by atoms with Crippen molar-refractivity contribution in [1.82, 2.24) is 4.98 Å². The Morgan fingerprint density at radius 2 is 2.29 bits per heavy atom. The Labute approximate surface area is 97.9 Å². The van der Waals surface area contributed by atoms with Crippen molar-refractivity contribution in [2.45, 2.75) is 6.42 Å². The Hall–Kier alpha value is -2.37. The Balaban J connectivity index is 2.61. The lowest BCUT2D eigenvalue weighted by molar-refractivity contribution is -0.136. The number of carbonyl (C=O) groups excluding carboxylic acids is 1. The molecule has 0 atom stereocenters. The summed E-state index contributed by atoms with van der Waals surface area (Å²) in [6.07, 6.45) is 0.579. The highest BCUT2D eigenvalue weighted by atomic mass is 16.5. The monoisotopic (exact) mass is 236 g/mol. The molecule has 90 valence electrons. The number of amides is 1. The van der Waals surface area contributed by atoms with Gasteiger partial charge in [-0.25, -0.2) is 9.78 Å². The van der Waals surface area contributed by atoms with E-state index in [1.54, 1.807) is 18.2 Å². The number of carboxylic acids is 1. The van der Waals surface area contributed by atoms with Crippen LogP contribution >= 0.6 is 0 Å². The van der Waals surface area contributed by atoms with E-state index in [-0.39, 0.29) is 18.8 Å². The topological polar surface area (TPSA) is 88.5 Å². The van der Waals surface area contributed by atoms with Crippen LogP contribution in [-0.4, -0.2) is 28.8 Å². The summed E-state index contributed by atoms with van der Waals surface area (Å²) in [7, 11) is 0. The number of carboxylic acid groups (broad SMARTS) is 1. The zero-order valence-corrected chi connectivity index (χ0v) is 9.05. The molecular formula is C11H12N2O4. The molecule has 0 aliphatic carbocycles. The van der Waals surface area contributed by atoms with Crippen LogP contribution in [-0.2, 0) is 16.0 Å². The Kier molecular flexibility index (Phi) is 4.68. The lowest BCUT2D eigenvalue weighted by atomic mass is 10.3. The second-order valence-electron chi connectivity index (χ2n) is 3.10. The number of ether oxygens (including phenoxy) is 1. The van der Waals surface area contributed by atoms with Gasteiger partial charge in [0.2, 0.25) is 0 Å². The van der Waals surface area contributed by atoms with Crippen LogP contribution < -0.4 is 5.32 Å². The third-order valence-electron chi connectivity index (χ3n) is 1.70. The highest BCUT2D eigenvalue weighted by Gasteiger charge is 2.06.